The number of aromatic carboxylic acids is 1. The number of carbonyl (C=O) groups is 1. The van der Waals surface area contributed by atoms with Crippen LogP contribution in [0.3, 0.4) is 0 Å². The number of terminal acetylenes is 1. The molecule has 0 amide bonds. The van der Waals surface area contributed by atoms with E-state index in [0.717, 1.165) is 12.0 Å². The molecule has 0 aliphatic carbocycles. The maximum absolute atomic E-state index is 11.0. The van der Waals surface area contributed by atoms with E-state index in [9.17, 15) is 4.79 Å². The van der Waals surface area contributed by atoms with E-state index in [4.69, 9.17) is 16.3 Å². The number of carboxylic acids is 1. The van der Waals surface area contributed by atoms with E-state index in [1.54, 1.807) is 6.07 Å². The minimum Gasteiger partial charge on any atom is -0.492 e. The van der Waals surface area contributed by atoms with Crippen LogP contribution in [0.1, 0.15) is 28.8 Å². The molecule has 3 heteroatoms. The fraction of sp³-hybridized carbons (Fsp3) is 0.308. The first-order valence-corrected chi connectivity index (χ1v) is 5.06. The molecular weight excluding hydrogens is 204 g/mol. The molecule has 1 aromatic rings. The van der Waals surface area contributed by atoms with Gasteiger partial charge in [0, 0.05) is 6.42 Å². The summed E-state index contributed by atoms with van der Waals surface area (Å²) in [5.41, 5.74) is 1.02. The minimum atomic E-state index is -0.976. The number of hydrogen-bond acceptors (Lipinski definition) is 2. The summed E-state index contributed by atoms with van der Waals surface area (Å²) in [6.45, 7) is 2.26. The molecule has 0 aliphatic rings. The van der Waals surface area contributed by atoms with Crippen LogP contribution < -0.4 is 4.74 Å². The number of ether oxygens (including phenoxy) is 1. The van der Waals surface area contributed by atoms with Crippen LogP contribution in [0, 0.1) is 19.3 Å². The molecule has 1 aromatic carbocycles. The van der Waals surface area contributed by atoms with Crippen LogP contribution in [0.15, 0.2) is 18.2 Å². The van der Waals surface area contributed by atoms with Gasteiger partial charge in [-0.2, -0.15) is 0 Å². The lowest BCUT2D eigenvalue weighted by Gasteiger charge is -2.11. The normalized spacial score (nSPS) is 9.50. The lowest BCUT2D eigenvalue weighted by atomic mass is 10.1. The Morgan fingerprint density at radius 2 is 2.31 bits per heavy atom. The molecule has 0 saturated carbocycles. The summed E-state index contributed by atoms with van der Waals surface area (Å²) < 4.78 is 5.45. The van der Waals surface area contributed by atoms with Crippen molar-refractivity contribution in [2.24, 2.45) is 0 Å². The van der Waals surface area contributed by atoms with Gasteiger partial charge in [0.2, 0.25) is 0 Å². The average molecular weight is 218 g/mol. The van der Waals surface area contributed by atoms with Crippen LogP contribution in [-0.4, -0.2) is 17.7 Å². The average Bonchev–Trinajstić information content (AvgIpc) is 2.25. The first kappa shape index (κ1) is 12.1. The third kappa shape index (κ3) is 3.03. The second-order valence-corrected chi connectivity index (χ2v) is 3.41. The number of hydrogen-bond donors (Lipinski definition) is 1. The summed E-state index contributed by atoms with van der Waals surface area (Å²) >= 11 is 0. The Hall–Kier alpha value is -1.95. The van der Waals surface area contributed by atoms with Crippen molar-refractivity contribution >= 4 is 5.97 Å². The summed E-state index contributed by atoms with van der Waals surface area (Å²) in [7, 11) is 0. The van der Waals surface area contributed by atoms with Gasteiger partial charge in [-0.1, -0.05) is 12.1 Å². The van der Waals surface area contributed by atoms with Crippen molar-refractivity contribution in [2.45, 2.75) is 19.8 Å². The maximum Gasteiger partial charge on any atom is 0.339 e. The van der Waals surface area contributed by atoms with Crippen LogP contribution in [-0.2, 0) is 0 Å². The lowest BCUT2D eigenvalue weighted by molar-refractivity contribution is 0.0692. The molecule has 0 atom stereocenters. The van der Waals surface area contributed by atoms with Gasteiger partial charge in [-0.25, -0.2) is 4.79 Å². The Bertz CT molecular complexity index is 416. The van der Waals surface area contributed by atoms with E-state index in [2.05, 4.69) is 5.92 Å². The maximum atomic E-state index is 11.0. The Morgan fingerprint density at radius 1 is 1.56 bits per heavy atom. The number of aryl methyl sites for hydroxylation is 1. The van der Waals surface area contributed by atoms with Gasteiger partial charge in [0.25, 0.3) is 0 Å². The number of unbranched alkanes of at least 4 members (excludes halogenated alkanes) is 1. The molecule has 0 aromatic heterocycles. The van der Waals surface area contributed by atoms with Crippen LogP contribution in [0.2, 0.25) is 0 Å². The highest BCUT2D eigenvalue weighted by atomic mass is 16.5. The molecule has 84 valence electrons. The molecular formula is C13H14O3. The molecule has 16 heavy (non-hydrogen) atoms. The Morgan fingerprint density at radius 3 is 2.94 bits per heavy atom. The highest BCUT2D eigenvalue weighted by Crippen LogP contribution is 2.23. The highest BCUT2D eigenvalue weighted by molar-refractivity contribution is 5.91. The zero-order valence-electron chi connectivity index (χ0n) is 9.19. The largest absolute Gasteiger partial charge is 0.492 e. The van der Waals surface area contributed by atoms with Crippen LogP contribution in [0.4, 0.5) is 0 Å². The van der Waals surface area contributed by atoms with Crippen molar-refractivity contribution < 1.29 is 14.6 Å². The molecule has 0 heterocycles. The van der Waals surface area contributed by atoms with Crippen molar-refractivity contribution in [3.05, 3.63) is 29.3 Å². The predicted octanol–water partition coefficient (Wildman–Crippen LogP) is 2.49. The standard InChI is InChI=1S/C13H14O3/c1-3-4-5-9-16-12-10(2)7-6-8-11(12)13(14)15/h1,6-8H,4-5,9H2,2H3,(H,14,15). The molecule has 0 unspecified atom stereocenters. The van der Waals surface area contributed by atoms with E-state index in [1.807, 2.05) is 13.0 Å². The van der Waals surface area contributed by atoms with Gasteiger partial charge in [-0.15, -0.1) is 12.3 Å². The topological polar surface area (TPSA) is 46.5 Å². The third-order valence-corrected chi connectivity index (χ3v) is 2.15. The van der Waals surface area contributed by atoms with E-state index in [0.29, 0.717) is 18.8 Å². The number of para-hydroxylation sites is 1. The van der Waals surface area contributed by atoms with E-state index in [1.165, 1.54) is 6.07 Å². The summed E-state index contributed by atoms with van der Waals surface area (Å²) in [6.07, 6.45) is 6.48. The van der Waals surface area contributed by atoms with Gasteiger partial charge < -0.3 is 9.84 Å². The smallest absolute Gasteiger partial charge is 0.339 e. The van der Waals surface area contributed by atoms with Gasteiger partial charge in [-0.3, -0.25) is 0 Å². The zero-order valence-corrected chi connectivity index (χ0v) is 9.19. The molecule has 0 bridgehead atoms. The van der Waals surface area contributed by atoms with Gasteiger partial charge in [-0.05, 0) is 25.0 Å². The van der Waals surface area contributed by atoms with Crippen LogP contribution in [0.25, 0.3) is 0 Å². The monoisotopic (exact) mass is 218 g/mol. The van der Waals surface area contributed by atoms with E-state index < -0.39 is 5.97 Å². The summed E-state index contributed by atoms with van der Waals surface area (Å²) in [5, 5.41) is 8.98. The predicted molar refractivity (Wildman–Crippen MR) is 61.7 cm³/mol. The van der Waals surface area contributed by atoms with E-state index in [-0.39, 0.29) is 5.56 Å². The Kier molecular flexibility index (Phi) is 4.41. The number of rotatable bonds is 5. The third-order valence-electron chi connectivity index (χ3n) is 2.15. The summed E-state index contributed by atoms with van der Waals surface area (Å²) in [5.74, 6) is 1.97. The zero-order chi connectivity index (χ0) is 12.0. The first-order chi connectivity index (χ1) is 7.66. The lowest BCUT2D eigenvalue weighted by Crippen LogP contribution is -2.05. The molecule has 0 aliphatic heterocycles. The van der Waals surface area contributed by atoms with Crippen molar-refractivity contribution in [1.29, 1.82) is 0 Å². The number of benzene rings is 1. The van der Waals surface area contributed by atoms with Crippen molar-refractivity contribution in [1.82, 2.24) is 0 Å². The SMILES string of the molecule is C#CCCCOc1c(C)cccc1C(=O)O. The van der Waals surface area contributed by atoms with E-state index >= 15 is 0 Å². The molecule has 0 fully saturated rings. The van der Waals surface area contributed by atoms with Crippen molar-refractivity contribution in [2.75, 3.05) is 6.61 Å². The van der Waals surface area contributed by atoms with Gasteiger partial charge in [0.1, 0.15) is 11.3 Å². The first-order valence-electron chi connectivity index (χ1n) is 5.06. The molecule has 0 saturated heterocycles. The van der Waals surface area contributed by atoms with Crippen molar-refractivity contribution in [3.8, 4) is 18.1 Å². The Balaban J connectivity index is 2.77. The van der Waals surface area contributed by atoms with Crippen LogP contribution >= 0.6 is 0 Å². The molecule has 3 nitrogen and oxygen atoms in total. The second kappa shape index (κ2) is 5.82. The Labute approximate surface area is 95.1 Å². The second-order valence-electron chi connectivity index (χ2n) is 3.41. The van der Waals surface area contributed by atoms with Gasteiger partial charge in [0.05, 0.1) is 6.61 Å². The number of carboxylic acid groups (broad SMARTS) is 1. The molecule has 1 rings (SSSR count). The molecule has 0 spiro atoms. The van der Waals surface area contributed by atoms with Crippen LogP contribution in [0.5, 0.6) is 5.75 Å². The minimum absolute atomic E-state index is 0.195. The van der Waals surface area contributed by atoms with Crippen molar-refractivity contribution in [3.63, 3.8) is 0 Å². The molecule has 0 radical (unpaired) electrons. The fourth-order valence-electron chi connectivity index (χ4n) is 1.36. The molecule has 1 N–H and O–H groups in total. The van der Waals surface area contributed by atoms with Gasteiger partial charge in [0.15, 0.2) is 0 Å². The quantitative estimate of drug-likeness (QED) is 0.610. The van der Waals surface area contributed by atoms with Gasteiger partial charge >= 0.3 is 5.97 Å². The summed E-state index contributed by atoms with van der Waals surface area (Å²) in [6, 6.07) is 5.06. The summed E-state index contributed by atoms with van der Waals surface area (Å²) in [4.78, 5) is 11.0. The fourth-order valence-corrected chi connectivity index (χ4v) is 1.36. The highest BCUT2D eigenvalue weighted by Gasteiger charge is 2.12.